The molecule has 1 aliphatic heterocycles. The molecule has 1 amide bonds. The van der Waals surface area contributed by atoms with Crippen LogP contribution in [0.2, 0.25) is 0 Å². The molecule has 1 heterocycles. The molecule has 20 heavy (non-hydrogen) atoms. The SMILES string of the molecule is Cc1cc(CCC(=O)N2CC[C@H](C(=O)O)C2)ccc1Br. The van der Waals surface area contributed by atoms with Gasteiger partial charge in [0, 0.05) is 24.0 Å². The molecule has 0 radical (unpaired) electrons. The van der Waals surface area contributed by atoms with Crippen LogP contribution in [0.3, 0.4) is 0 Å². The van der Waals surface area contributed by atoms with Crippen LogP contribution in [0, 0.1) is 12.8 Å². The first-order valence-electron chi connectivity index (χ1n) is 6.73. The minimum atomic E-state index is -0.802. The first-order chi connectivity index (χ1) is 9.47. The Balaban J connectivity index is 1.86. The lowest BCUT2D eigenvalue weighted by Crippen LogP contribution is -2.30. The fourth-order valence-electron chi connectivity index (χ4n) is 2.46. The lowest BCUT2D eigenvalue weighted by Gasteiger charge is -2.15. The molecule has 1 N–H and O–H groups in total. The topological polar surface area (TPSA) is 57.6 Å². The lowest BCUT2D eigenvalue weighted by atomic mass is 10.1. The third-order valence-electron chi connectivity index (χ3n) is 3.74. The lowest BCUT2D eigenvalue weighted by molar-refractivity contribution is -0.141. The van der Waals surface area contributed by atoms with Crippen LogP contribution >= 0.6 is 15.9 Å². The van der Waals surface area contributed by atoms with Gasteiger partial charge in [0.1, 0.15) is 0 Å². The zero-order chi connectivity index (χ0) is 14.7. The van der Waals surface area contributed by atoms with E-state index < -0.39 is 11.9 Å². The number of amides is 1. The molecule has 0 saturated carbocycles. The normalized spacial score (nSPS) is 18.3. The van der Waals surface area contributed by atoms with Crippen molar-refractivity contribution in [2.75, 3.05) is 13.1 Å². The molecule has 1 saturated heterocycles. The highest BCUT2D eigenvalue weighted by molar-refractivity contribution is 9.10. The first kappa shape index (κ1) is 15.0. The maximum Gasteiger partial charge on any atom is 0.308 e. The van der Waals surface area contributed by atoms with Gasteiger partial charge in [-0.15, -0.1) is 0 Å². The Labute approximate surface area is 126 Å². The number of hydrogen-bond acceptors (Lipinski definition) is 2. The predicted octanol–water partition coefficient (Wildman–Crippen LogP) is 2.62. The summed E-state index contributed by atoms with van der Waals surface area (Å²) in [6.45, 7) is 2.94. The maximum absolute atomic E-state index is 12.1. The molecule has 0 bridgehead atoms. The van der Waals surface area contributed by atoms with Crippen molar-refractivity contribution >= 4 is 27.8 Å². The number of carboxylic acid groups (broad SMARTS) is 1. The monoisotopic (exact) mass is 339 g/mol. The molecule has 4 nitrogen and oxygen atoms in total. The Kier molecular flexibility index (Phi) is 4.81. The highest BCUT2D eigenvalue weighted by Gasteiger charge is 2.30. The first-order valence-corrected chi connectivity index (χ1v) is 7.52. The van der Waals surface area contributed by atoms with Crippen molar-refractivity contribution < 1.29 is 14.7 Å². The van der Waals surface area contributed by atoms with Gasteiger partial charge in [0.15, 0.2) is 0 Å². The van der Waals surface area contributed by atoms with E-state index in [9.17, 15) is 9.59 Å². The fourth-order valence-corrected chi connectivity index (χ4v) is 2.71. The zero-order valence-corrected chi connectivity index (χ0v) is 13.0. The summed E-state index contributed by atoms with van der Waals surface area (Å²) in [5.74, 6) is -1.15. The van der Waals surface area contributed by atoms with Crippen molar-refractivity contribution in [2.45, 2.75) is 26.2 Å². The van der Waals surface area contributed by atoms with Crippen LogP contribution in [0.5, 0.6) is 0 Å². The van der Waals surface area contributed by atoms with Gasteiger partial charge in [-0.1, -0.05) is 28.1 Å². The molecule has 0 spiro atoms. The van der Waals surface area contributed by atoms with Crippen LogP contribution in [-0.2, 0) is 16.0 Å². The molecular formula is C15H18BrNO3. The summed E-state index contributed by atoms with van der Waals surface area (Å²) < 4.78 is 1.07. The number of aliphatic carboxylic acids is 1. The molecule has 1 atom stereocenters. The van der Waals surface area contributed by atoms with Crippen LogP contribution in [0.25, 0.3) is 0 Å². The summed E-state index contributed by atoms with van der Waals surface area (Å²) in [7, 11) is 0. The van der Waals surface area contributed by atoms with Gasteiger partial charge in [-0.25, -0.2) is 0 Å². The van der Waals surface area contributed by atoms with E-state index in [0.717, 1.165) is 15.6 Å². The number of carboxylic acids is 1. The summed E-state index contributed by atoms with van der Waals surface area (Å²) in [6.07, 6.45) is 1.70. The van der Waals surface area contributed by atoms with E-state index in [0.29, 0.717) is 32.4 Å². The van der Waals surface area contributed by atoms with Gasteiger partial charge >= 0.3 is 5.97 Å². The largest absolute Gasteiger partial charge is 0.481 e. The predicted molar refractivity (Wildman–Crippen MR) is 79.5 cm³/mol. The molecular weight excluding hydrogens is 322 g/mol. The van der Waals surface area contributed by atoms with Gasteiger partial charge in [0.25, 0.3) is 0 Å². The number of hydrogen-bond donors (Lipinski definition) is 1. The Hall–Kier alpha value is -1.36. The van der Waals surface area contributed by atoms with Gasteiger partial charge in [-0.05, 0) is 37.0 Å². The third kappa shape index (κ3) is 3.60. The van der Waals surface area contributed by atoms with Crippen molar-refractivity contribution in [1.82, 2.24) is 4.90 Å². The number of benzene rings is 1. The standard InChI is InChI=1S/C15H18BrNO3/c1-10-8-11(2-4-13(10)16)3-5-14(18)17-7-6-12(9-17)15(19)20/h2,4,8,12H,3,5-7,9H2,1H3,(H,19,20)/t12-/m0/s1. The minimum Gasteiger partial charge on any atom is -0.481 e. The van der Waals surface area contributed by atoms with Crippen molar-refractivity contribution in [3.63, 3.8) is 0 Å². The number of nitrogens with zero attached hydrogens (tertiary/aromatic N) is 1. The van der Waals surface area contributed by atoms with Gasteiger partial charge in [0.2, 0.25) is 5.91 Å². The Bertz CT molecular complexity index is 530. The number of carbonyl (C=O) groups is 2. The number of likely N-dealkylation sites (tertiary alicyclic amines) is 1. The van der Waals surface area contributed by atoms with Crippen LogP contribution < -0.4 is 0 Å². The second kappa shape index (κ2) is 6.39. The van der Waals surface area contributed by atoms with E-state index in [1.54, 1.807) is 4.90 Å². The van der Waals surface area contributed by atoms with Crippen LogP contribution in [0.4, 0.5) is 0 Å². The number of halogens is 1. The number of carbonyl (C=O) groups excluding carboxylic acids is 1. The Morgan fingerprint density at radius 1 is 1.45 bits per heavy atom. The molecule has 1 aromatic carbocycles. The van der Waals surface area contributed by atoms with E-state index in [2.05, 4.69) is 22.0 Å². The smallest absolute Gasteiger partial charge is 0.308 e. The Morgan fingerprint density at radius 2 is 2.20 bits per heavy atom. The molecule has 0 aliphatic carbocycles. The summed E-state index contributed by atoms with van der Waals surface area (Å²) >= 11 is 3.45. The van der Waals surface area contributed by atoms with E-state index in [1.807, 2.05) is 19.1 Å². The van der Waals surface area contributed by atoms with Crippen molar-refractivity contribution in [2.24, 2.45) is 5.92 Å². The molecule has 1 aromatic rings. The van der Waals surface area contributed by atoms with E-state index in [-0.39, 0.29) is 5.91 Å². The molecule has 108 valence electrons. The summed E-state index contributed by atoms with van der Waals surface area (Å²) in [5.41, 5.74) is 2.29. The molecule has 0 aromatic heterocycles. The summed E-state index contributed by atoms with van der Waals surface area (Å²) in [4.78, 5) is 24.6. The number of rotatable bonds is 4. The molecule has 1 aliphatic rings. The molecule has 0 unspecified atom stereocenters. The van der Waals surface area contributed by atoms with Gasteiger partial charge in [0.05, 0.1) is 5.92 Å². The van der Waals surface area contributed by atoms with Crippen LogP contribution in [0.15, 0.2) is 22.7 Å². The number of aryl methyl sites for hydroxylation is 2. The minimum absolute atomic E-state index is 0.0503. The average Bonchev–Trinajstić information content (AvgIpc) is 2.89. The van der Waals surface area contributed by atoms with Gasteiger partial charge in [-0.2, -0.15) is 0 Å². The maximum atomic E-state index is 12.1. The van der Waals surface area contributed by atoms with Crippen molar-refractivity contribution in [1.29, 1.82) is 0 Å². The van der Waals surface area contributed by atoms with Gasteiger partial charge < -0.3 is 10.0 Å². The molecule has 5 heteroatoms. The highest BCUT2D eigenvalue weighted by atomic mass is 79.9. The summed E-state index contributed by atoms with van der Waals surface area (Å²) in [5, 5.41) is 8.93. The second-order valence-electron chi connectivity index (χ2n) is 5.25. The molecule has 2 rings (SSSR count). The average molecular weight is 340 g/mol. The van der Waals surface area contributed by atoms with Crippen LogP contribution in [-0.4, -0.2) is 35.0 Å². The Morgan fingerprint density at radius 3 is 2.80 bits per heavy atom. The molecule has 1 fully saturated rings. The summed E-state index contributed by atoms with van der Waals surface area (Å²) in [6, 6.07) is 6.07. The van der Waals surface area contributed by atoms with E-state index in [1.165, 1.54) is 0 Å². The zero-order valence-electron chi connectivity index (χ0n) is 11.4. The second-order valence-corrected chi connectivity index (χ2v) is 6.10. The van der Waals surface area contributed by atoms with E-state index >= 15 is 0 Å². The fraction of sp³-hybridized carbons (Fsp3) is 0.467. The highest BCUT2D eigenvalue weighted by Crippen LogP contribution is 2.20. The quantitative estimate of drug-likeness (QED) is 0.917. The third-order valence-corrected chi connectivity index (χ3v) is 4.63. The van der Waals surface area contributed by atoms with Crippen molar-refractivity contribution in [3.05, 3.63) is 33.8 Å². The van der Waals surface area contributed by atoms with Crippen molar-refractivity contribution in [3.8, 4) is 0 Å². The van der Waals surface area contributed by atoms with Gasteiger partial charge in [-0.3, -0.25) is 9.59 Å². The van der Waals surface area contributed by atoms with E-state index in [4.69, 9.17) is 5.11 Å². The van der Waals surface area contributed by atoms with Crippen LogP contribution in [0.1, 0.15) is 24.0 Å².